The standard InChI is InChI=1S/C33H43N3O5/c1-9-33(7,8)36(30(39)27(20-37)35-31(40)41-32(4,5)6)28(26-17-14-21(2)18-22(26)3)29(38)34-25-16-15-23-12-10-11-13-24(23)19-25/h10-19,27-28,37H,9,20H2,1-8H3,(H,34,38)(H,35,40). The van der Waals surface area contributed by atoms with Gasteiger partial charge in [-0.2, -0.15) is 0 Å². The summed E-state index contributed by atoms with van der Waals surface area (Å²) in [5, 5.41) is 17.8. The molecule has 3 N–H and O–H groups in total. The number of fused-ring (bicyclic) bond motifs is 1. The lowest BCUT2D eigenvalue weighted by atomic mass is 9.90. The number of carbonyl (C=O) groups excluding carboxylic acids is 3. The maximum Gasteiger partial charge on any atom is 0.408 e. The second kappa shape index (κ2) is 12.7. The Morgan fingerprint density at radius 3 is 2.17 bits per heavy atom. The fraction of sp³-hybridized carbons (Fsp3) is 0.424. The molecule has 2 unspecified atom stereocenters. The number of ether oxygens (including phenoxy) is 1. The van der Waals surface area contributed by atoms with Crippen LogP contribution in [0.1, 0.15) is 70.7 Å². The van der Waals surface area contributed by atoms with E-state index in [0.29, 0.717) is 17.7 Å². The molecule has 3 amide bonds. The lowest BCUT2D eigenvalue weighted by Crippen LogP contribution is -2.59. The number of aryl methyl sites for hydroxylation is 2. The maximum absolute atomic E-state index is 14.2. The van der Waals surface area contributed by atoms with Crippen LogP contribution < -0.4 is 10.6 Å². The molecule has 3 aromatic carbocycles. The summed E-state index contributed by atoms with van der Waals surface area (Å²) in [7, 11) is 0. The van der Waals surface area contributed by atoms with Crippen LogP contribution in [0.4, 0.5) is 10.5 Å². The molecule has 0 saturated carbocycles. The summed E-state index contributed by atoms with van der Waals surface area (Å²) in [6.45, 7) is 14.0. The molecule has 41 heavy (non-hydrogen) atoms. The van der Waals surface area contributed by atoms with Crippen molar-refractivity contribution >= 4 is 34.4 Å². The van der Waals surface area contributed by atoms with Gasteiger partial charge in [-0.25, -0.2) is 4.79 Å². The Balaban J connectivity index is 2.10. The fourth-order valence-corrected chi connectivity index (χ4v) is 4.76. The number of alkyl carbamates (subject to hydrolysis) is 1. The van der Waals surface area contributed by atoms with Gasteiger partial charge in [0.15, 0.2) is 0 Å². The number of nitrogens with one attached hydrogen (secondary N) is 2. The summed E-state index contributed by atoms with van der Waals surface area (Å²) in [6, 6.07) is 16.9. The number of benzene rings is 3. The van der Waals surface area contributed by atoms with Crippen molar-refractivity contribution in [1.29, 1.82) is 0 Å². The van der Waals surface area contributed by atoms with Crippen LogP contribution in [0.15, 0.2) is 60.7 Å². The number of aliphatic hydroxyl groups is 1. The first-order valence-corrected chi connectivity index (χ1v) is 14.0. The van der Waals surface area contributed by atoms with Crippen molar-refractivity contribution in [2.45, 2.75) is 85.0 Å². The highest BCUT2D eigenvalue weighted by molar-refractivity contribution is 6.01. The first-order chi connectivity index (χ1) is 19.2. The van der Waals surface area contributed by atoms with Crippen molar-refractivity contribution in [3.8, 4) is 0 Å². The number of anilines is 1. The summed E-state index contributed by atoms with van der Waals surface area (Å²) in [5.74, 6) is -1.00. The van der Waals surface area contributed by atoms with Crippen LogP contribution in [0.25, 0.3) is 10.8 Å². The van der Waals surface area contributed by atoms with Gasteiger partial charge in [-0.3, -0.25) is 9.59 Å². The van der Waals surface area contributed by atoms with E-state index in [4.69, 9.17) is 4.74 Å². The number of aliphatic hydroxyl groups excluding tert-OH is 1. The molecule has 0 heterocycles. The minimum absolute atomic E-state index is 0.406. The maximum atomic E-state index is 14.2. The number of rotatable bonds is 9. The number of hydrogen-bond acceptors (Lipinski definition) is 5. The Morgan fingerprint density at radius 2 is 1.59 bits per heavy atom. The lowest BCUT2D eigenvalue weighted by Gasteiger charge is -2.44. The van der Waals surface area contributed by atoms with Crippen molar-refractivity contribution in [1.82, 2.24) is 10.2 Å². The molecule has 3 aromatic rings. The second-order valence-corrected chi connectivity index (χ2v) is 12.1. The van der Waals surface area contributed by atoms with Gasteiger partial charge >= 0.3 is 6.09 Å². The van der Waals surface area contributed by atoms with Crippen molar-refractivity contribution < 1.29 is 24.2 Å². The van der Waals surface area contributed by atoms with E-state index in [-0.39, 0.29) is 0 Å². The molecule has 0 aromatic heterocycles. The first kappa shape index (κ1) is 31.6. The highest BCUT2D eigenvalue weighted by Crippen LogP contribution is 2.35. The van der Waals surface area contributed by atoms with E-state index in [1.165, 1.54) is 4.90 Å². The van der Waals surface area contributed by atoms with Crippen LogP contribution >= 0.6 is 0 Å². The largest absolute Gasteiger partial charge is 0.444 e. The van der Waals surface area contributed by atoms with Gasteiger partial charge in [0.2, 0.25) is 5.91 Å². The van der Waals surface area contributed by atoms with Gasteiger partial charge in [-0.1, -0.05) is 61.0 Å². The molecule has 0 aliphatic rings. The summed E-state index contributed by atoms with van der Waals surface area (Å²) < 4.78 is 5.34. The van der Waals surface area contributed by atoms with Gasteiger partial charge in [0.1, 0.15) is 17.7 Å². The van der Waals surface area contributed by atoms with Gasteiger partial charge in [0, 0.05) is 11.2 Å². The third-order valence-electron chi connectivity index (χ3n) is 7.17. The van der Waals surface area contributed by atoms with E-state index in [0.717, 1.165) is 21.9 Å². The highest BCUT2D eigenvalue weighted by Gasteiger charge is 2.43. The summed E-state index contributed by atoms with van der Waals surface area (Å²) in [4.78, 5) is 42.5. The minimum atomic E-state index is -1.32. The Hall–Kier alpha value is -3.91. The average molecular weight is 562 g/mol. The van der Waals surface area contributed by atoms with E-state index in [9.17, 15) is 19.5 Å². The minimum Gasteiger partial charge on any atom is -0.444 e. The number of carbonyl (C=O) groups is 3. The molecule has 0 bridgehead atoms. The molecule has 0 fully saturated rings. The molecule has 220 valence electrons. The van der Waals surface area contributed by atoms with Gasteiger partial charge < -0.3 is 25.4 Å². The number of amides is 3. The normalized spacial score (nSPS) is 13.3. The number of hydrogen-bond donors (Lipinski definition) is 3. The van der Waals surface area contributed by atoms with Crippen molar-refractivity contribution in [2.24, 2.45) is 0 Å². The fourth-order valence-electron chi connectivity index (χ4n) is 4.76. The van der Waals surface area contributed by atoms with Crippen molar-refractivity contribution in [3.05, 3.63) is 77.4 Å². The molecule has 8 nitrogen and oxygen atoms in total. The third-order valence-corrected chi connectivity index (χ3v) is 7.17. The molecule has 8 heteroatoms. The van der Waals surface area contributed by atoms with E-state index in [1.807, 2.05) is 95.3 Å². The zero-order chi connectivity index (χ0) is 30.5. The topological polar surface area (TPSA) is 108 Å². The van der Waals surface area contributed by atoms with E-state index >= 15 is 0 Å². The molecule has 0 spiro atoms. The lowest BCUT2D eigenvalue weighted by molar-refractivity contribution is -0.148. The Morgan fingerprint density at radius 1 is 0.927 bits per heavy atom. The van der Waals surface area contributed by atoms with Crippen LogP contribution in [0.2, 0.25) is 0 Å². The third kappa shape index (κ3) is 7.85. The molecular formula is C33H43N3O5. The smallest absolute Gasteiger partial charge is 0.408 e. The summed E-state index contributed by atoms with van der Waals surface area (Å²) in [5.41, 5.74) is 1.48. The zero-order valence-electron chi connectivity index (χ0n) is 25.4. The Kier molecular flexibility index (Phi) is 9.81. The van der Waals surface area contributed by atoms with Crippen molar-refractivity contribution in [2.75, 3.05) is 11.9 Å². The molecule has 2 atom stereocenters. The second-order valence-electron chi connectivity index (χ2n) is 12.1. The molecule has 0 aliphatic heterocycles. The molecule has 3 rings (SSSR count). The van der Waals surface area contributed by atoms with E-state index < -0.39 is 47.7 Å². The Bertz CT molecular complexity index is 1410. The zero-order valence-corrected chi connectivity index (χ0v) is 25.4. The Labute approximate surface area is 243 Å². The van der Waals surface area contributed by atoms with Crippen LogP contribution in [0, 0.1) is 13.8 Å². The van der Waals surface area contributed by atoms with Gasteiger partial charge in [0.25, 0.3) is 5.91 Å². The van der Waals surface area contributed by atoms with Crippen LogP contribution in [0.5, 0.6) is 0 Å². The highest BCUT2D eigenvalue weighted by atomic mass is 16.6. The van der Waals surface area contributed by atoms with Gasteiger partial charge in [-0.15, -0.1) is 0 Å². The molecule has 0 radical (unpaired) electrons. The van der Waals surface area contributed by atoms with Crippen molar-refractivity contribution in [3.63, 3.8) is 0 Å². The van der Waals surface area contributed by atoms with Crippen LogP contribution in [-0.2, 0) is 14.3 Å². The molecule has 0 aliphatic carbocycles. The van der Waals surface area contributed by atoms with Gasteiger partial charge in [-0.05, 0) is 88.9 Å². The monoisotopic (exact) mass is 561 g/mol. The summed E-state index contributed by atoms with van der Waals surface area (Å²) >= 11 is 0. The predicted molar refractivity (Wildman–Crippen MR) is 163 cm³/mol. The average Bonchev–Trinajstić information content (AvgIpc) is 2.89. The SMILES string of the molecule is CCC(C)(C)N(C(=O)C(CO)NC(=O)OC(C)(C)C)C(C(=O)Nc1ccc2ccccc2c1)c1ccc(C)cc1C. The van der Waals surface area contributed by atoms with Crippen LogP contribution in [0.3, 0.4) is 0 Å². The number of nitrogens with zero attached hydrogens (tertiary/aromatic N) is 1. The molecule has 0 saturated heterocycles. The van der Waals surface area contributed by atoms with Gasteiger partial charge in [0.05, 0.1) is 6.61 Å². The first-order valence-electron chi connectivity index (χ1n) is 14.0. The predicted octanol–water partition coefficient (Wildman–Crippen LogP) is 6.04. The quantitative estimate of drug-likeness (QED) is 0.295. The van der Waals surface area contributed by atoms with E-state index in [1.54, 1.807) is 20.8 Å². The van der Waals surface area contributed by atoms with E-state index in [2.05, 4.69) is 10.6 Å². The molecular weight excluding hydrogens is 518 g/mol. The summed E-state index contributed by atoms with van der Waals surface area (Å²) in [6.07, 6.45) is -0.323. The van der Waals surface area contributed by atoms with Crippen LogP contribution in [-0.4, -0.2) is 51.7 Å².